The molecule has 0 radical (unpaired) electrons. The molecule has 0 heterocycles. The summed E-state index contributed by atoms with van der Waals surface area (Å²) in [5.41, 5.74) is 0. The molecule has 0 aromatic rings. The first-order valence-corrected chi connectivity index (χ1v) is 29.8. The normalized spacial score (nSPS) is 13.5. The largest absolute Gasteiger partial charge is 0.462 e. The average Bonchev–Trinajstić information content (AvgIpc) is 3.42. The molecule has 6 heteroatoms. The van der Waals surface area contributed by atoms with Crippen LogP contribution in [0.1, 0.15) is 220 Å². The van der Waals surface area contributed by atoms with Gasteiger partial charge in [0.05, 0.1) is 6.42 Å². The van der Waals surface area contributed by atoms with Crippen molar-refractivity contribution in [3.05, 3.63) is 182 Å². The molecule has 0 fully saturated rings. The number of hydrogen-bond acceptors (Lipinski definition) is 6. The van der Waals surface area contributed by atoms with Crippen LogP contribution in [0.4, 0.5) is 0 Å². The predicted octanol–water partition coefficient (Wildman–Crippen LogP) is 20.5. The van der Waals surface area contributed by atoms with E-state index in [9.17, 15) is 14.4 Å². The maximum absolute atomic E-state index is 12.8. The van der Waals surface area contributed by atoms with Crippen molar-refractivity contribution >= 4 is 17.9 Å². The second kappa shape index (κ2) is 62.1. The Bertz CT molecular complexity index is 1820. The third-order valence-electron chi connectivity index (χ3n) is 11.7. The van der Waals surface area contributed by atoms with Crippen LogP contribution in [0, 0.1) is 0 Å². The molecule has 0 saturated carbocycles. The average molecular weight is 1040 g/mol. The molecule has 0 aromatic carbocycles. The standard InChI is InChI=1S/C70H106O6/c1-4-7-10-13-16-19-22-25-27-28-29-30-31-32-33-34-35-36-37-38-39-40-41-42-44-45-48-51-54-57-60-63-69(72)75-66-67(65-74-68(71)62-59-56-53-50-47-24-21-18-15-12-9-6-3)76-70(73)64-61-58-55-52-49-46-43-26-23-20-17-14-11-8-5-2/h7-8,10-11,16-21,25-27,29-30,32-33,35-36,38-39,41-43,45,48-49,52,58,61,67H,4-6,9,12-15,22-24,28,31,34,37,40,44,46-47,50-51,53-57,59-60,62-66H2,1-3H3/b10-7-,11-8-,19-16-,20-17-,21-18-,27-25-,30-29-,33-32-,36-35-,39-38-,42-41-,43-26-,48-45-,52-49-,61-58-. The molecule has 0 aromatic heterocycles. The van der Waals surface area contributed by atoms with E-state index in [1.54, 1.807) is 6.08 Å². The highest BCUT2D eigenvalue weighted by atomic mass is 16.6. The molecule has 76 heavy (non-hydrogen) atoms. The molecule has 0 N–H and O–H groups in total. The molecule has 422 valence electrons. The number of ether oxygens (including phenoxy) is 3. The fourth-order valence-corrected chi connectivity index (χ4v) is 7.27. The third-order valence-corrected chi connectivity index (χ3v) is 11.7. The Hall–Kier alpha value is -5.49. The van der Waals surface area contributed by atoms with Crippen LogP contribution in [-0.2, 0) is 28.6 Å². The summed E-state index contributed by atoms with van der Waals surface area (Å²) in [4.78, 5) is 38.1. The second-order valence-electron chi connectivity index (χ2n) is 18.8. The highest BCUT2D eigenvalue weighted by molar-refractivity contribution is 5.72. The summed E-state index contributed by atoms with van der Waals surface area (Å²) in [6.45, 7) is 6.24. The first-order valence-electron chi connectivity index (χ1n) is 29.8. The summed E-state index contributed by atoms with van der Waals surface area (Å²) in [7, 11) is 0. The molecule has 0 rings (SSSR count). The van der Waals surface area contributed by atoms with Gasteiger partial charge in [-0.15, -0.1) is 0 Å². The zero-order chi connectivity index (χ0) is 55.0. The van der Waals surface area contributed by atoms with Crippen molar-refractivity contribution in [2.75, 3.05) is 13.2 Å². The molecule has 1 atom stereocenters. The Kier molecular flexibility index (Phi) is 57.6. The number of unbranched alkanes of at least 4 members (excludes halogenated alkanes) is 11. The number of carbonyl (C=O) groups excluding carboxylic acids is 3. The molecular formula is C70H106O6. The highest BCUT2D eigenvalue weighted by Crippen LogP contribution is 2.11. The lowest BCUT2D eigenvalue weighted by atomic mass is 10.1. The van der Waals surface area contributed by atoms with Crippen LogP contribution in [-0.4, -0.2) is 37.2 Å². The van der Waals surface area contributed by atoms with Gasteiger partial charge in [-0.05, 0) is 141 Å². The number of hydrogen-bond donors (Lipinski definition) is 0. The van der Waals surface area contributed by atoms with Crippen LogP contribution < -0.4 is 0 Å². The van der Waals surface area contributed by atoms with Crippen molar-refractivity contribution < 1.29 is 28.6 Å². The van der Waals surface area contributed by atoms with E-state index in [0.29, 0.717) is 12.8 Å². The quantitative estimate of drug-likeness (QED) is 0.0261. The minimum absolute atomic E-state index is 0.0783. The van der Waals surface area contributed by atoms with Crippen molar-refractivity contribution in [3.8, 4) is 0 Å². The number of esters is 3. The summed E-state index contributed by atoms with van der Waals surface area (Å²) >= 11 is 0. The van der Waals surface area contributed by atoms with E-state index >= 15 is 0 Å². The van der Waals surface area contributed by atoms with Gasteiger partial charge in [-0.1, -0.05) is 242 Å². The van der Waals surface area contributed by atoms with Gasteiger partial charge in [-0.25, -0.2) is 0 Å². The van der Waals surface area contributed by atoms with Crippen LogP contribution in [0.25, 0.3) is 0 Å². The molecule has 0 aliphatic carbocycles. The Balaban J connectivity index is 4.46. The maximum Gasteiger partial charge on any atom is 0.310 e. The molecule has 0 bridgehead atoms. The SMILES string of the molecule is CC/C=C\C/C=C\C/C=C\C/C=C\C/C=C\C/C=C\C/C=C\C/C=C\C/C=C\CCCCCC(=O)OCC(COC(=O)CCCCCCC/C=C\CCCCC)OC(=O)C/C=C\C/C=C\C/C=C\C/C=C\C/C=C\CC. The van der Waals surface area contributed by atoms with E-state index in [1.165, 1.54) is 32.1 Å². The number of rotatable bonds is 51. The topological polar surface area (TPSA) is 78.9 Å². The summed E-state index contributed by atoms with van der Waals surface area (Å²) in [6.07, 6.45) is 93.5. The lowest BCUT2D eigenvalue weighted by molar-refractivity contribution is -0.166. The Morgan fingerprint density at radius 2 is 0.553 bits per heavy atom. The first-order chi connectivity index (χ1) is 37.5. The monoisotopic (exact) mass is 1040 g/mol. The smallest absolute Gasteiger partial charge is 0.310 e. The predicted molar refractivity (Wildman–Crippen MR) is 329 cm³/mol. The second-order valence-corrected chi connectivity index (χ2v) is 18.8. The van der Waals surface area contributed by atoms with Gasteiger partial charge in [0.1, 0.15) is 13.2 Å². The lowest BCUT2D eigenvalue weighted by Gasteiger charge is -2.18. The molecule has 6 nitrogen and oxygen atoms in total. The van der Waals surface area contributed by atoms with E-state index in [2.05, 4.69) is 191 Å². The zero-order valence-electron chi connectivity index (χ0n) is 48.2. The Morgan fingerprint density at radius 1 is 0.289 bits per heavy atom. The summed E-state index contributed by atoms with van der Waals surface area (Å²) in [5, 5.41) is 0. The van der Waals surface area contributed by atoms with Gasteiger partial charge in [0.2, 0.25) is 0 Å². The van der Waals surface area contributed by atoms with Crippen LogP contribution >= 0.6 is 0 Å². The van der Waals surface area contributed by atoms with Gasteiger partial charge < -0.3 is 14.2 Å². The Morgan fingerprint density at radius 3 is 0.895 bits per heavy atom. The van der Waals surface area contributed by atoms with Crippen LogP contribution in [0.15, 0.2) is 182 Å². The fourth-order valence-electron chi connectivity index (χ4n) is 7.27. The molecule has 0 saturated heterocycles. The molecule has 1 unspecified atom stereocenters. The van der Waals surface area contributed by atoms with Crippen molar-refractivity contribution in [3.63, 3.8) is 0 Å². The first kappa shape index (κ1) is 70.5. The molecular weight excluding hydrogens is 937 g/mol. The number of allylic oxidation sites excluding steroid dienone is 29. The van der Waals surface area contributed by atoms with E-state index in [1.807, 2.05) is 6.08 Å². The summed E-state index contributed by atoms with van der Waals surface area (Å²) < 4.78 is 16.7. The van der Waals surface area contributed by atoms with Gasteiger partial charge in [-0.2, -0.15) is 0 Å². The fraction of sp³-hybridized carbons (Fsp3) is 0.529. The number of carbonyl (C=O) groups is 3. The molecule has 0 spiro atoms. The van der Waals surface area contributed by atoms with Crippen molar-refractivity contribution in [2.45, 2.75) is 226 Å². The van der Waals surface area contributed by atoms with E-state index in [0.717, 1.165) is 141 Å². The van der Waals surface area contributed by atoms with Crippen molar-refractivity contribution in [2.24, 2.45) is 0 Å². The van der Waals surface area contributed by atoms with Crippen LogP contribution in [0.5, 0.6) is 0 Å². The lowest BCUT2D eigenvalue weighted by Crippen LogP contribution is -2.30. The van der Waals surface area contributed by atoms with Crippen LogP contribution in [0.2, 0.25) is 0 Å². The van der Waals surface area contributed by atoms with Crippen LogP contribution in [0.3, 0.4) is 0 Å². The van der Waals surface area contributed by atoms with Gasteiger partial charge in [0.15, 0.2) is 6.10 Å². The molecule has 0 aliphatic rings. The third kappa shape index (κ3) is 59.4. The van der Waals surface area contributed by atoms with Gasteiger partial charge >= 0.3 is 17.9 Å². The maximum atomic E-state index is 12.8. The van der Waals surface area contributed by atoms with E-state index in [4.69, 9.17) is 14.2 Å². The minimum Gasteiger partial charge on any atom is -0.462 e. The summed E-state index contributed by atoms with van der Waals surface area (Å²) in [5.74, 6) is -1.13. The minimum atomic E-state index is -0.860. The Labute approximate surface area is 465 Å². The highest BCUT2D eigenvalue weighted by Gasteiger charge is 2.19. The van der Waals surface area contributed by atoms with E-state index < -0.39 is 12.1 Å². The molecule has 0 amide bonds. The van der Waals surface area contributed by atoms with Gasteiger partial charge in [0.25, 0.3) is 0 Å². The molecule has 0 aliphatic heterocycles. The zero-order valence-corrected chi connectivity index (χ0v) is 48.2. The van der Waals surface area contributed by atoms with Crippen molar-refractivity contribution in [1.82, 2.24) is 0 Å². The van der Waals surface area contributed by atoms with Crippen molar-refractivity contribution in [1.29, 1.82) is 0 Å². The van der Waals surface area contributed by atoms with Gasteiger partial charge in [-0.3, -0.25) is 14.4 Å². The summed E-state index contributed by atoms with van der Waals surface area (Å²) in [6, 6.07) is 0. The van der Waals surface area contributed by atoms with E-state index in [-0.39, 0.29) is 38.0 Å². The van der Waals surface area contributed by atoms with Gasteiger partial charge in [0, 0.05) is 12.8 Å².